The molecule has 1 aromatic carbocycles. The second-order valence-electron chi connectivity index (χ2n) is 6.09. The molecule has 1 aromatic heterocycles. The van der Waals surface area contributed by atoms with Gasteiger partial charge in [0.1, 0.15) is 0 Å². The molecule has 1 atom stereocenters. The van der Waals surface area contributed by atoms with E-state index in [0.717, 1.165) is 29.0 Å². The van der Waals surface area contributed by atoms with E-state index < -0.39 is 5.97 Å². The van der Waals surface area contributed by atoms with Gasteiger partial charge in [0.15, 0.2) is 6.61 Å². The second-order valence-corrected chi connectivity index (χ2v) is 6.91. The number of amides is 1. The number of thiazole rings is 1. The van der Waals surface area contributed by atoms with Crippen LogP contribution in [0, 0.1) is 6.92 Å². The van der Waals surface area contributed by atoms with Crippen molar-refractivity contribution >= 4 is 23.2 Å². The van der Waals surface area contributed by atoms with Crippen LogP contribution in [0.15, 0.2) is 34.4 Å². The number of carbonyl (C=O) groups excluding carboxylic acids is 2. The van der Waals surface area contributed by atoms with Crippen LogP contribution < -0.4 is 10.2 Å². The van der Waals surface area contributed by atoms with Gasteiger partial charge < -0.3 is 14.6 Å². The standard InChI is InChI=1S/C19H24N2O4S/c1-4-15-5-7-16(8-6-15)14(3)20-17(22)11-25-18(23)9-10-21-13(2)12-26-19(21)24/h5-8,12,14H,4,9-11H2,1-3H3,(H,20,22). The number of carbonyl (C=O) groups is 2. The number of benzene rings is 1. The van der Waals surface area contributed by atoms with Gasteiger partial charge in [-0.25, -0.2) is 0 Å². The molecule has 0 spiro atoms. The molecule has 1 amide bonds. The maximum atomic E-state index is 12.0. The van der Waals surface area contributed by atoms with E-state index in [-0.39, 0.29) is 36.4 Å². The number of hydrogen-bond acceptors (Lipinski definition) is 5. The first-order valence-electron chi connectivity index (χ1n) is 8.59. The fourth-order valence-electron chi connectivity index (χ4n) is 2.50. The summed E-state index contributed by atoms with van der Waals surface area (Å²) in [5.41, 5.74) is 3.05. The molecule has 0 bridgehead atoms. The zero-order valence-corrected chi connectivity index (χ0v) is 16.1. The molecular weight excluding hydrogens is 352 g/mol. The van der Waals surface area contributed by atoms with Gasteiger partial charge in [-0.05, 0) is 31.4 Å². The van der Waals surface area contributed by atoms with Crippen molar-refractivity contribution in [2.45, 2.75) is 46.2 Å². The van der Waals surface area contributed by atoms with Crippen molar-refractivity contribution in [3.63, 3.8) is 0 Å². The Labute approximate surface area is 156 Å². The van der Waals surface area contributed by atoms with Gasteiger partial charge in [0.25, 0.3) is 5.91 Å². The number of esters is 1. The lowest BCUT2D eigenvalue weighted by Gasteiger charge is -2.15. The quantitative estimate of drug-likeness (QED) is 0.719. The number of nitrogens with one attached hydrogen (secondary N) is 1. The average Bonchev–Trinajstić information content (AvgIpc) is 2.96. The number of nitrogens with zero attached hydrogens (tertiary/aromatic N) is 1. The van der Waals surface area contributed by atoms with E-state index in [2.05, 4.69) is 12.2 Å². The van der Waals surface area contributed by atoms with E-state index in [4.69, 9.17) is 4.74 Å². The summed E-state index contributed by atoms with van der Waals surface area (Å²) < 4.78 is 6.51. The van der Waals surface area contributed by atoms with Gasteiger partial charge in [0.05, 0.1) is 12.5 Å². The third-order valence-corrected chi connectivity index (χ3v) is 5.03. The predicted molar refractivity (Wildman–Crippen MR) is 101 cm³/mol. The van der Waals surface area contributed by atoms with E-state index in [0.29, 0.717) is 0 Å². The molecule has 140 valence electrons. The summed E-state index contributed by atoms with van der Waals surface area (Å²) in [4.78, 5) is 35.2. The van der Waals surface area contributed by atoms with Gasteiger partial charge in [-0.1, -0.05) is 42.5 Å². The third kappa shape index (κ3) is 5.56. The maximum absolute atomic E-state index is 12.0. The van der Waals surface area contributed by atoms with E-state index in [9.17, 15) is 14.4 Å². The molecule has 1 unspecified atom stereocenters. The smallest absolute Gasteiger partial charge is 0.308 e. The van der Waals surface area contributed by atoms with Crippen LogP contribution in [0.5, 0.6) is 0 Å². The van der Waals surface area contributed by atoms with Crippen LogP contribution in [0.3, 0.4) is 0 Å². The van der Waals surface area contributed by atoms with Crippen molar-refractivity contribution in [2.24, 2.45) is 0 Å². The Morgan fingerprint density at radius 1 is 1.27 bits per heavy atom. The van der Waals surface area contributed by atoms with Crippen LogP contribution in [0.1, 0.15) is 43.1 Å². The Hall–Kier alpha value is -2.41. The number of hydrogen-bond donors (Lipinski definition) is 1. The normalized spacial score (nSPS) is 11.8. The van der Waals surface area contributed by atoms with Gasteiger partial charge in [0.2, 0.25) is 0 Å². The largest absolute Gasteiger partial charge is 0.456 e. The van der Waals surface area contributed by atoms with Crippen molar-refractivity contribution in [1.29, 1.82) is 0 Å². The Kier molecular flexibility index (Phi) is 7.15. The highest BCUT2D eigenvalue weighted by Gasteiger charge is 2.13. The summed E-state index contributed by atoms with van der Waals surface area (Å²) in [6, 6.07) is 7.87. The van der Waals surface area contributed by atoms with Crippen LogP contribution in [0.4, 0.5) is 0 Å². The number of ether oxygens (including phenoxy) is 1. The average molecular weight is 376 g/mol. The Balaban J connectivity index is 1.75. The fourth-order valence-corrected chi connectivity index (χ4v) is 3.27. The van der Waals surface area contributed by atoms with Gasteiger partial charge in [0, 0.05) is 17.6 Å². The molecule has 7 heteroatoms. The highest BCUT2D eigenvalue weighted by molar-refractivity contribution is 7.07. The van der Waals surface area contributed by atoms with Crippen LogP contribution >= 0.6 is 11.3 Å². The van der Waals surface area contributed by atoms with Gasteiger partial charge >= 0.3 is 10.8 Å². The van der Waals surface area contributed by atoms with E-state index >= 15 is 0 Å². The van der Waals surface area contributed by atoms with Gasteiger partial charge in [-0.15, -0.1) is 0 Å². The lowest BCUT2D eigenvalue weighted by Crippen LogP contribution is -2.31. The minimum absolute atomic E-state index is 0.0544. The zero-order chi connectivity index (χ0) is 19.1. The molecule has 2 rings (SSSR count). The Bertz CT molecular complexity index is 808. The molecule has 0 saturated heterocycles. The highest BCUT2D eigenvalue weighted by Crippen LogP contribution is 2.13. The lowest BCUT2D eigenvalue weighted by atomic mass is 10.1. The molecular formula is C19H24N2O4S. The molecule has 26 heavy (non-hydrogen) atoms. The van der Waals surface area contributed by atoms with Crippen molar-refractivity contribution in [1.82, 2.24) is 9.88 Å². The first kappa shape index (κ1) is 19.9. The Morgan fingerprint density at radius 2 is 1.96 bits per heavy atom. The lowest BCUT2D eigenvalue weighted by molar-refractivity contribution is -0.148. The number of rotatable bonds is 8. The molecule has 0 aliphatic heterocycles. The second kappa shape index (κ2) is 9.33. The zero-order valence-electron chi connectivity index (χ0n) is 15.3. The molecule has 0 radical (unpaired) electrons. The SMILES string of the molecule is CCc1ccc(C(C)NC(=O)COC(=O)CCn2c(C)csc2=O)cc1. The van der Waals surface area contributed by atoms with E-state index in [1.54, 1.807) is 5.38 Å². The molecule has 6 nitrogen and oxygen atoms in total. The highest BCUT2D eigenvalue weighted by atomic mass is 32.1. The molecule has 0 aliphatic carbocycles. The number of aryl methyl sites for hydroxylation is 2. The summed E-state index contributed by atoms with van der Waals surface area (Å²) in [6.07, 6.45) is 1.02. The van der Waals surface area contributed by atoms with E-state index in [1.807, 2.05) is 38.1 Å². The molecule has 0 aliphatic rings. The van der Waals surface area contributed by atoms with E-state index in [1.165, 1.54) is 10.1 Å². The van der Waals surface area contributed by atoms with Crippen LogP contribution in [0.2, 0.25) is 0 Å². The summed E-state index contributed by atoms with van der Waals surface area (Å²) in [7, 11) is 0. The minimum atomic E-state index is -0.502. The molecule has 0 saturated carbocycles. The fraction of sp³-hybridized carbons (Fsp3) is 0.421. The maximum Gasteiger partial charge on any atom is 0.308 e. The van der Waals surface area contributed by atoms with Crippen molar-refractivity contribution in [3.8, 4) is 0 Å². The Morgan fingerprint density at radius 3 is 2.54 bits per heavy atom. The first-order chi connectivity index (χ1) is 12.4. The minimum Gasteiger partial charge on any atom is -0.456 e. The van der Waals surface area contributed by atoms with Crippen LogP contribution in [-0.2, 0) is 27.3 Å². The molecule has 1 heterocycles. The van der Waals surface area contributed by atoms with Gasteiger partial charge in [-0.3, -0.25) is 14.4 Å². The summed E-state index contributed by atoms with van der Waals surface area (Å²) in [6.45, 7) is 5.71. The topological polar surface area (TPSA) is 77.4 Å². The van der Waals surface area contributed by atoms with Gasteiger partial charge in [-0.2, -0.15) is 0 Å². The first-order valence-corrected chi connectivity index (χ1v) is 9.47. The van der Waals surface area contributed by atoms with Crippen molar-refractivity contribution in [3.05, 3.63) is 56.1 Å². The predicted octanol–water partition coefficient (Wildman–Crippen LogP) is 2.59. The van der Waals surface area contributed by atoms with Crippen molar-refractivity contribution < 1.29 is 14.3 Å². The number of aromatic nitrogens is 1. The van der Waals surface area contributed by atoms with Crippen LogP contribution in [0.25, 0.3) is 0 Å². The molecule has 2 aromatic rings. The monoisotopic (exact) mass is 376 g/mol. The summed E-state index contributed by atoms with van der Waals surface area (Å²) in [5.74, 6) is -0.855. The molecule has 1 N–H and O–H groups in total. The third-order valence-electron chi connectivity index (χ3n) is 4.15. The van der Waals surface area contributed by atoms with Crippen LogP contribution in [-0.4, -0.2) is 23.1 Å². The van der Waals surface area contributed by atoms with Crippen molar-refractivity contribution in [2.75, 3.05) is 6.61 Å². The summed E-state index contributed by atoms with van der Waals surface area (Å²) >= 11 is 1.10. The summed E-state index contributed by atoms with van der Waals surface area (Å²) in [5, 5.41) is 4.55. The molecule has 0 fully saturated rings.